The number of amides is 3. The zero-order chi connectivity index (χ0) is 33.0. The molecule has 2 aliphatic rings. The normalized spacial score (nSPS) is 21.4. The molecule has 12 heteroatoms. The molecule has 4 bridgehead atoms. The monoisotopic (exact) mass is 622 g/mol. The number of hydrogen-bond acceptors (Lipinski definition) is 9. The molecule has 2 aromatic carbocycles. The molecule has 0 aliphatic carbocycles. The Morgan fingerprint density at radius 3 is 2.54 bits per heavy atom. The van der Waals surface area contributed by atoms with Crippen LogP contribution in [0.5, 0.6) is 0 Å². The minimum Gasteiger partial charge on any atom is -0.442 e. The van der Waals surface area contributed by atoms with E-state index in [0.717, 1.165) is 0 Å². The molecule has 12 nitrogen and oxygen atoms in total. The molecule has 0 saturated heterocycles. The minimum atomic E-state index is -1.58. The highest BCUT2D eigenvalue weighted by atomic mass is 16.4. The van der Waals surface area contributed by atoms with E-state index in [9.17, 15) is 24.8 Å². The number of fused-ring (bicyclic) bond motifs is 4. The Hall–Kier alpha value is -5.28. The summed E-state index contributed by atoms with van der Waals surface area (Å²) in [5.41, 5.74) is 0.141. The minimum absolute atomic E-state index is 0.0126. The number of benzene rings is 2. The van der Waals surface area contributed by atoms with Crippen molar-refractivity contribution in [2.45, 2.75) is 64.6 Å². The number of oxazole rings is 2. The quantitative estimate of drug-likeness (QED) is 0.257. The number of hydrogen-bond donors (Lipinski definition) is 4. The number of rotatable bonds is 5. The molecule has 4 heterocycles. The van der Waals surface area contributed by atoms with Crippen molar-refractivity contribution < 1.29 is 28.3 Å². The van der Waals surface area contributed by atoms with Crippen LogP contribution in [-0.4, -0.2) is 44.9 Å². The van der Waals surface area contributed by atoms with Crippen LogP contribution in [0.15, 0.2) is 63.6 Å². The summed E-state index contributed by atoms with van der Waals surface area (Å²) in [5.74, 6) is -1.81. The molecule has 4 aromatic rings. The fourth-order valence-corrected chi connectivity index (χ4v) is 6.00. The molecule has 4 N–H and O–H groups in total. The molecule has 0 unspecified atom stereocenters. The lowest BCUT2D eigenvalue weighted by atomic mass is 9.72. The average Bonchev–Trinajstić information content (AvgIpc) is 3.74. The molecular formula is C34H34N6O6. The van der Waals surface area contributed by atoms with Gasteiger partial charge in [0.2, 0.25) is 29.5 Å². The first-order valence-corrected chi connectivity index (χ1v) is 15.0. The predicted molar refractivity (Wildman–Crippen MR) is 165 cm³/mol. The third-order valence-electron chi connectivity index (χ3n) is 8.46. The maximum atomic E-state index is 14.4. The van der Waals surface area contributed by atoms with Crippen LogP contribution in [0.1, 0.15) is 74.7 Å². The van der Waals surface area contributed by atoms with Gasteiger partial charge in [-0.2, -0.15) is 10.2 Å². The van der Waals surface area contributed by atoms with E-state index in [1.165, 1.54) is 6.26 Å². The summed E-state index contributed by atoms with van der Waals surface area (Å²) in [6.45, 7) is 9.08. The van der Waals surface area contributed by atoms with Crippen LogP contribution in [0.25, 0.3) is 11.6 Å². The maximum Gasteiger partial charge on any atom is 0.250 e. The van der Waals surface area contributed by atoms with Gasteiger partial charge in [0.25, 0.3) is 0 Å². The van der Waals surface area contributed by atoms with Crippen molar-refractivity contribution in [3.8, 4) is 17.7 Å². The van der Waals surface area contributed by atoms with Gasteiger partial charge in [0.1, 0.15) is 30.5 Å². The van der Waals surface area contributed by atoms with Gasteiger partial charge in [-0.1, -0.05) is 77.1 Å². The van der Waals surface area contributed by atoms with Gasteiger partial charge in [-0.15, -0.1) is 0 Å². The van der Waals surface area contributed by atoms with Crippen molar-refractivity contribution in [3.63, 3.8) is 0 Å². The molecule has 2 aromatic heterocycles. The van der Waals surface area contributed by atoms with Crippen LogP contribution >= 0.6 is 0 Å². The van der Waals surface area contributed by atoms with E-state index in [-0.39, 0.29) is 41.3 Å². The summed E-state index contributed by atoms with van der Waals surface area (Å²) in [6.07, 6.45) is -0.0635. The third kappa shape index (κ3) is 5.02. The summed E-state index contributed by atoms with van der Waals surface area (Å²) in [6, 6.07) is 14.4. The average molecular weight is 623 g/mol. The second kappa shape index (κ2) is 11.3. The summed E-state index contributed by atoms with van der Waals surface area (Å²) in [4.78, 5) is 50.5. The standard InChI is InChI=1S/C34H34N6O6/c1-17(2)25(41)29(43)37-23-14-18-11-12-22-21(13-18)34(32(44)38-22,19-9-7-6-8-10-19)27-24(30-36-20(15-35)16-45-30)39-31(46-27)26(33(3,4)5)40-28(23)42/h6-13,16-17,23,25-26,41H,14H2,1-5H3,(H,37,43)(H,38,44)(H,40,42)/t23-,25-,26+,34-/m0/s1. The number of aliphatic hydroxyl groups excluding tert-OH is 1. The van der Waals surface area contributed by atoms with Crippen LogP contribution in [0, 0.1) is 22.7 Å². The molecule has 0 radical (unpaired) electrons. The largest absolute Gasteiger partial charge is 0.442 e. The van der Waals surface area contributed by atoms with Crippen molar-refractivity contribution in [2.75, 3.05) is 5.32 Å². The maximum absolute atomic E-state index is 14.4. The second-order valence-corrected chi connectivity index (χ2v) is 13.1. The first kappa shape index (κ1) is 30.7. The molecular weight excluding hydrogens is 588 g/mol. The van der Waals surface area contributed by atoms with Gasteiger partial charge in [0.15, 0.2) is 22.6 Å². The van der Waals surface area contributed by atoms with Crippen molar-refractivity contribution in [3.05, 3.63) is 88.8 Å². The summed E-state index contributed by atoms with van der Waals surface area (Å²) in [7, 11) is 0. The number of carbonyl (C=O) groups excluding carboxylic acids is 3. The zero-order valence-corrected chi connectivity index (χ0v) is 26.0. The lowest BCUT2D eigenvalue weighted by molar-refractivity contribution is -0.136. The lowest BCUT2D eigenvalue weighted by Crippen LogP contribution is -2.53. The predicted octanol–water partition coefficient (Wildman–Crippen LogP) is 3.75. The van der Waals surface area contributed by atoms with E-state index in [1.807, 2.05) is 57.2 Å². The number of nitrogens with zero attached hydrogens (tertiary/aromatic N) is 3. The van der Waals surface area contributed by atoms with E-state index in [4.69, 9.17) is 13.8 Å². The number of carbonyl (C=O) groups is 3. The molecule has 2 aliphatic heterocycles. The summed E-state index contributed by atoms with van der Waals surface area (Å²) in [5, 5.41) is 28.7. The zero-order valence-electron chi connectivity index (χ0n) is 26.0. The molecule has 4 atom stereocenters. The van der Waals surface area contributed by atoms with Crippen molar-refractivity contribution in [1.82, 2.24) is 20.6 Å². The van der Waals surface area contributed by atoms with E-state index >= 15 is 0 Å². The number of aliphatic hydroxyl groups is 1. The van der Waals surface area contributed by atoms with Crippen LogP contribution in [0.2, 0.25) is 0 Å². The number of nitrogens with one attached hydrogen (secondary N) is 3. The van der Waals surface area contributed by atoms with E-state index in [2.05, 4.69) is 20.9 Å². The van der Waals surface area contributed by atoms with E-state index in [0.29, 0.717) is 22.4 Å². The third-order valence-corrected chi connectivity index (χ3v) is 8.46. The van der Waals surface area contributed by atoms with Crippen molar-refractivity contribution in [2.24, 2.45) is 11.3 Å². The molecule has 3 amide bonds. The molecule has 0 spiro atoms. The number of aromatic nitrogens is 2. The first-order chi connectivity index (χ1) is 21.8. The van der Waals surface area contributed by atoms with Gasteiger partial charge in [-0.3, -0.25) is 14.4 Å². The van der Waals surface area contributed by atoms with E-state index in [1.54, 1.807) is 32.0 Å². The Bertz CT molecular complexity index is 1880. The Labute approximate surface area is 265 Å². The second-order valence-electron chi connectivity index (χ2n) is 13.1. The number of nitriles is 1. The topological polar surface area (TPSA) is 183 Å². The van der Waals surface area contributed by atoms with Gasteiger partial charge >= 0.3 is 0 Å². The Kier molecular flexibility index (Phi) is 7.52. The van der Waals surface area contributed by atoms with Crippen LogP contribution < -0.4 is 16.0 Å². The smallest absolute Gasteiger partial charge is 0.250 e. The molecule has 46 heavy (non-hydrogen) atoms. The fourth-order valence-electron chi connectivity index (χ4n) is 6.00. The lowest BCUT2D eigenvalue weighted by Gasteiger charge is -2.32. The Balaban J connectivity index is 1.65. The van der Waals surface area contributed by atoms with Gasteiger partial charge in [0, 0.05) is 17.7 Å². The molecule has 236 valence electrons. The SMILES string of the molecule is CC(C)[C@H](O)C(=O)N[C@H]1Cc2ccc3c(c2)[C@](c2ccccc2)(C(=O)N3)c2oc(nc2-c2nc(C#N)co2)[C@H](C(C)(C)C)NC1=O. The van der Waals surface area contributed by atoms with Crippen molar-refractivity contribution in [1.29, 1.82) is 5.26 Å². The summed E-state index contributed by atoms with van der Waals surface area (Å²) >= 11 is 0. The fraction of sp³-hybridized carbons (Fsp3) is 0.353. The highest BCUT2D eigenvalue weighted by Gasteiger charge is 2.55. The first-order valence-electron chi connectivity index (χ1n) is 15.0. The van der Waals surface area contributed by atoms with Crippen molar-refractivity contribution >= 4 is 23.4 Å². The highest BCUT2D eigenvalue weighted by molar-refractivity contribution is 6.11. The van der Waals surface area contributed by atoms with Crippen LogP contribution in [-0.2, 0) is 26.2 Å². The molecule has 6 rings (SSSR count). The summed E-state index contributed by atoms with van der Waals surface area (Å²) < 4.78 is 12.3. The Morgan fingerprint density at radius 1 is 1.15 bits per heavy atom. The van der Waals surface area contributed by atoms with Gasteiger partial charge in [-0.05, 0) is 28.5 Å². The number of anilines is 1. The Morgan fingerprint density at radius 2 is 1.89 bits per heavy atom. The van der Waals surface area contributed by atoms with Gasteiger partial charge in [-0.25, -0.2) is 4.98 Å². The molecule has 0 fully saturated rings. The van der Waals surface area contributed by atoms with Crippen LogP contribution in [0.4, 0.5) is 5.69 Å². The van der Waals surface area contributed by atoms with Gasteiger partial charge in [0.05, 0.1) is 0 Å². The molecule has 0 saturated carbocycles. The highest BCUT2D eigenvalue weighted by Crippen LogP contribution is 2.52. The van der Waals surface area contributed by atoms with E-state index < -0.39 is 46.7 Å². The van der Waals surface area contributed by atoms with Crippen LogP contribution in [0.3, 0.4) is 0 Å². The van der Waals surface area contributed by atoms with Gasteiger partial charge < -0.3 is 29.9 Å².